The molecule has 2 aliphatic heterocycles. The van der Waals surface area contributed by atoms with Crippen molar-refractivity contribution in [3.8, 4) is 0 Å². The van der Waals surface area contributed by atoms with Crippen molar-refractivity contribution >= 4 is 17.2 Å². The van der Waals surface area contributed by atoms with Crippen molar-refractivity contribution in [2.45, 2.75) is 24.6 Å². The number of nitrogens with one attached hydrogen (secondary N) is 2. The van der Waals surface area contributed by atoms with E-state index in [1.165, 1.54) is 11.0 Å². The number of pyridine rings is 1. The molecule has 1 saturated heterocycles. The zero-order chi connectivity index (χ0) is 14.4. The highest BCUT2D eigenvalue weighted by atomic mass is 19.1. The second-order valence-corrected chi connectivity index (χ2v) is 4.80. The van der Waals surface area contributed by atoms with Gasteiger partial charge in [-0.2, -0.15) is 0 Å². The van der Waals surface area contributed by atoms with E-state index in [4.69, 9.17) is 15.6 Å². The zero-order valence-corrected chi connectivity index (χ0v) is 10.4. The lowest BCUT2D eigenvalue weighted by Gasteiger charge is -2.27. The lowest BCUT2D eigenvalue weighted by Crippen LogP contribution is -2.43. The number of hydrogen-bond acceptors (Lipinski definition) is 7. The first-order valence-electron chi connectivity index (χ1n) is 6.14. The summed E-state index contributed by atoms with van der Waals surface area (Å²) in [6.45, 7) is -0.352. The molecular weight excluding hydrogens is 271 g/mol. The highest BCUT2D eigenvalue weighted by Gasteiger charge is 2.48. The Hall–Kier alpha value is -1.84. The topological polar surface area (TPSA) is 124 Å². The Balaban J connectivity index is 1.94. The number of aliphatic hydroxyl groups is 2. The fourth-order valence-corrected chi connectivity index (χ4v) is 2.55. The maximum absolute atomic E-state index is 13.7. The van der Waals surface area contributed by atoms with Gasteiger partial charge in [-0.25, -0.2) is 4.39 Å². The molecule has 3 heterocycles. The van der Waals surface area contributed by atoms with Crippen LogP contribution in [0.1, 0.15) is 0 Å². The van der Waals surface area contributed by atoms with Gasteiger partial charge in [0.25, 0.3) is 5.56 Å². The Labute approximate surface area is 113 Å². The van der Waals surface area contributed by atoms with E-state index in [-0.39, 0.29) is 18.2 Å². The van der Waals surface area contributed by atoms with Crippen LogP contribution < -0.4 is 21.5 Å². The first-order valence-corrected chi connectivity index (χ1v) is 6.14. The number of aromatic nitrogens is 1. The van der Waals surface area contributed by atoms with Crippen molar-refractivity contribution in [2.75, 3.05) is 29.2 Å². The Morgan fingerprint density at radius 2 is 2.35 bits per heavy atom. The Bertz CT molecular complexity index is 580. The number of nitrogens with two attached hydrogens (primary N) is 1. The molecule has 0 bridgehead atoms. The molecule has 4 atom stereocenters. The summed E-state index contributed by atoms with van der Waals surface area (Å²) in [5.41, 5.74) is 5.90. The fourth-order valence-electron chi connectivity index (χ4n) is 2.55. The van der Waals surface area contributed by atoms with E-state index in [2.05, 4.69) is 10.3 Å². The smallest absolute Gasteiger partial charge is 0.275 e. The van der Waals surface area contributed by atoms with E-state index in [9.17, 15) is 14.3 Å². The minimum absolute atomic E-state index is 0.158. The van der Waals surface area contributed by atoms with Gasteiger partial charge >= 0.3 is 0 Å². The van der Waals surface area contributed by atoms with Crippen molar-refractivity contribution in [1.82, 2.24) is 4.98 Å². The number of alkyl halides is 1. The number of nitrogens with zero attached hydrogens (tertiary/aromatic N) is 1. The molecule has 1 aromatic rings. The highest BCUT2D eigenvalue weighted by molar-refractivity contribution is 5.76. The SMILES string of the molecule is Nc1cc2c(c(=O)[nH]1)NCN2[C@@H]1O[C@H](CO)[C@@H](F)[C@H]1O. The van der Waals surface area contributed by atoms with Crippen molar-refractivity contribution < 1.29 is 19.3 Å². The third kappa shape index (κ3) is 1.82. The largest absolute Gasteiger partial charge is 0.394 e. The van der Waals surface area contributed by atoms with Crippen LogP contribution in [0.4, 0.5) is 21.6 Å². The normalized spacial score (nSPS) is 32.2. The molecule has 1 aromatic heterocycles. The summed E-state index contributed by atoms with van der Waals surface area (Å²) in [6, 6.07) is 1.51. The number of aliphatic hydroxyl groups excluding tert-OH is 2. The third-order valence-electron chi connectivity index (χ3n) is 3.54. The number of aromatic amines is 1. The summed E-state index contributed by atoms with van der Waals surface area (Å²) in [7, 11) is 0. The molecule has 3 rings (SSSR count). The average Bonchev–Trinajstić information content (AvgIpc) is 2.93. The van der Waals surface area contributed by atoms with Gasteiger partial charge in [0.15, 0.2) is 12.4 Å². The number of hydrogen-bond donors (Lipinski definition) is 5. The van der Waals surface area contributed by atoms with Gasteiger partial charge in [0, 0.05) is 6.07 Å². The van der Waals surface area contributed by atoms with Crippen LogP contribution in [0.3, 0.4) is 0 Å². The van der Waals surface area contributed by atoms with Crippen molar-refractivity contribution in [2.24, 2.45) is 0 Å². The molecule has 0 spiro atoms. The van der Waals surface area contributed by atoms with Crippen LogP contribution in [-0.4, -0.2) is 53.1 Å². The molecule has 0 aliphatic carbocycles. The fraction of sp³-hybridized carbons (Fsp3) is 0.545. The van der Waals surface area contributed by atoms with Gasteiger partial charge in [-0.05, 0) is 0 Å². The average molecular weight is 286 g/mol. The number of ether oxygens (including phenoxy) is 1. The molecule has 0 unspecified atom stereocenters. The summed E-state index contributed by atoms with van der Waals surface area (Å²) >= 11 is 0. The summed E-state index contributed by atoms with van der Waals surface area (Å²) < 4.78 is 19.1. The Kier molecular flexibility index (Phi) is 3.04. The third-order valence-corrected chi connectivity index (χ3v) is 3.54. The molecule has 0 saturated carbocycles. The quantitative estimate of drug-likeness (QED) is 0.451. The van der Waals surface area contributed by atoms with Crippen molar-refractivity contribution in [1.29, 1.82) is 0 Å². The van der Waals surface area contributed by atoms with E-state index in [1.807, 2.05) is 0 Å². The predicted octanol–water partition coefficient (Wildman–Crippen LogP) is -1.44. The van der Waals surface area contributed by atoms with E-state index in [1.54, 1.807) is 0 Å². The molecule has 8 nitrogen and oxygen atoms in total. The molecule has 1 fully saturated rings. The molecular formula is C11H15FN4O4. The van der Waals surface area contributed by atoms with Crippen LogP contribution in [0.25, 0.3) is 0 Å². The van der Waals surface area contributed by atoms with Crippen LogP contribution in [0.15, 0.2) is 10.9 Å². The summed E-state index contributed by atoms with van der Waals surface area (Å²) in [4.78, 5) is 15.7. The van der Waals surface area contributed by atoms with Crippen LogP contribution in [0.2, 0.25) is 0 Å². The minimum Gasteiger partial charge on any atom is -0.394 e. The zero-order valence-electron chi connectivity index (χ0n) is 10.4. The first kappa shape index (κ1) is 13.2. The lowest BCUT2D eigenvalue weighted by atomic mass is 10.1. The van der Waals surface area contributed by atoms with Gasteiger partial charge < -0.3 is 35.9 Å². The number of rotatable bonds is 2. The highest BCUT2D eigenvalue weighted by Crippen LogP contribution is 2.35. The van der Waals surface area contributed by atoms with Gasteiger partial charge in [-0.1, -0.05) is 0 Å². The maximum Gasteiger partial charge on any atom is 0.275 e. The first-order chi connectivity index (χ1) is 9.52. The van der Waals surface area contributed by atoms with Crippen LogP contribution in [0.5, 0.6) is 0 Å². The van der Waals surface area contributed by atoms with Gasteiger partial charge in [-0.15, -0.1) is 0 Å². The van der Waals surface area contributed by atoms with Gasteiger partial charge in [0.2, 0.25) is 0 Å². The molecule has 2 aliphatic rings. The summed E-state index contributed by atoms with van der Waals surface area (Å²) in [6.07, 6.45) is -5.18. The molecule has 0 amide bonds. The minimum atomic E-state index is -1.69. The molecule has 20 heavy (non-hydrogen) atoms. The van der Waals surface area contributed by atoms with Crippen molar-refractivity contribution in [3.05, 3.63) is 16.4 Å². The van der Waals surface area contributed by atoms with Gasteiger partial charge in [0.05, 0.1) is 19.0 Å². The number of halogens is 1. The number of nitrogen functional groups attached to an aromatic ring is 1. The van der Waals surface area contributed by atoms with E-state index in [0.717, 1.165) is 0 Å². The molecule has 110 valence electrons. The second-order valence-electron chi connectivity index (χ2n) is 4.80. The van der Waals surface area contributed by atoms with Gasteiger partial charge in [-0.3, -0.25) is 4.79 Å². The summed E-state index contributed by atoms with van der Waals surface area (Å²) in [5.74, 6) is 0.158. The Morgan fingerprint density at radius 1 is 1.60 bits per heavy atom. The molecule has 9 heteroatoms. The van der Waals surface area contributed by atoms with Crippen LogP contribution in [-0.2, 0) is 4.74 Å². The standard InChI is InChI=1S/C11H15FN4O4/c12-7-5(2-17)20-11(9(7)18)16-3-14-8-4(16)1-6(13)15-10(8)19/h1,5,7,9,11,14,17-18H,2-3H2,(H3,13,15,19)/t5-,7-,9-,11-/m1/s1. The van der Waals surface area contributed by atoms with Crippen LogP contribution >= 0.6 is 0 Å². The number of H-pyrrole nitrogens is 1. The van der Waals surface area contributed by atoms with E-state index in [0.29, 0.717) is 5.69 Å². The van der Waals surface area contributed by atoms with E-state index < -0.39 is 36.8 Å². The maximum atomic E-state index is 13.7. The molecule has 6 N–H and O–H groups in total. The predicted molar refractivity (Wildman–Crippen MR) is 69.1 cm³/mol. The van der Waals surface area contributed by atoms with Crippen molar-refractivity contribution in [3.63, 3.8) is 0 Å². The Morgan fingerprint density at radius 3 is 3.00 bits per heavy atom. The lowest BCUT2D eigenvalue weighted by molar-refractivity contribution is -0.0128. The van der Waals surface area contributed by atoms with E-state index >= 15 is 0 Å². The van der Waals surface area contributed by atoms with Gasteiger partial charge in [0.1, 0.15) is 23.7 Å². The summed E-state index contributed by atoms with van der Waals surface area (Å²) in [5, 5.41) is 21.7. The monoisotopic (exact) mass is 286 g/mol. The molecule has 0 aromatic carbocycles. The second kappa shape index (κ2) is 4.62. The molecule has 0 radical (unpaired) electrons. The number of fused-ring (bicyclic) bond motifs is 1. The number of anilines is 3. The van der Waals surface area contributed by atoms with Crippen LogP contribution in [0, 0.1) is 0 Å².